The Hall–Kier alpha value is -1.69. The van der Waals surface area contributed by atoms with Crippen LogP contribution < -0.4 is 5.73 Å². The van der Waals surface area contributed by atoms with Gasteiger partial charge in [0.05, 0.1) is 17.3 Å². The third-order valence-corrected chi connectivity index (χ3v) is 7.14. The maximum atomic E-state index is 12.5. The second kappa shape index (κ2) is 7.05. The standard InChI is InChI=1S/C13H15N5O3S3/c14-12-15-16-13(23-12)22-8-11(19)17-6-7-18(9-17)24(20,21)10-4-2-1-3-5-10/h1-5H,6-9H2,(H2,14,15). The monoisotopic (exact) mass is 385 g/mol. The van der Waals surface area contributed by atoms with Crippen LogP contribution in [0.1, 0.15) is 0 Å². The van der Waals surface area contributed by atoms with E-state index < -0.39 is 10.0 Å². The average molecular weight is 385 g/mol. The topological polar surface area (TPSA) is 109 Å². The molecule has 0 unspecified atom stereocenters. The number of thioether (sulfide) groups is 1. The molecule has 0 bridgehead atoms. The van der Waals surface area contributed by atoms with Crippen molar-refractivity contribution in [1.82, 2.24) is 19.4 Å². The molecule has 2 aromatic rings. The normalized spacial score (nSPS) is 15.8. The fourth-order valence-corrected chi connectivity index (χ4v) is 5.15. The first-order valence-corrected chi connectivity index (χ1v) is 10.3. The third-order valence-electron chi connectivity index (χ3n) is 3.42. The van der Waals surface area contributed by atoms with Crippen LogP contribution in [0.3, 0.4) is 0 Å². The fraction of sp³-hybridized carbons (Fsp3) is 0.308. The highest BCUT2D eigenvalue weighted by Crippen LogP contribution is 2.25. The summed E-state index contributed by atoms with van der Waals surface area (Å²) in [6.07, 6.45) is 0. The second-order valence-electron chi connectivity index (χ2n) is 4.99. The molecule has 2 heterocycles. The Kier molecular flexibility index (Phi) is 5.04. The van der Waals surface area contributed by atoms with E-state index >= 15 is 0 Å². The number of amides is 1. The lowest BCUT2D eigenvalue weighted by Gasteiger charge is -2.18. The van der Waals surface area contributed by atoms with Gasteiger partial charge in [0, 0.05) is 13.1 Å². The Labute approximate surface area is 147 Å². The first-order valence-electron chi connectivity index (χ1n) is 7.01. The zero-order valence-corrected chi connectivity index (χ0v) is 15.0. The van der Waals surface area contributed by atoms with Crippen molar-refractivity contribution in [3.05, 3.63) is 30.3 Å². The highest BCUT2D eigenvalue weighted by Gasteiger charge is 2.33. The summed E-state index contributed by atoms with van der Waals surface area (Å²) < 4.78 is 27.0. The molecule has 1 amide bonds. The maximum Gasteiger partial charge on any atom is 0.244 e. The van der Waals surface area contributed by atoms with Gasteiger partial charge in [-0.05, 0) is 12.1 Å². The summed E-state index contributed by atoms with van der Waals surface area (Å²) in [4.78, 5) is 14.0. The zero-order chi connectivity index (χ0) is 17.2. The fourth-order valence-electron chi connectivity index (χ4n) is 2.20. The van der Waals surface area contributed by atoms with Gasteiger partial charge >= 0.3 is 0 Å². The minimum Gasteiger partial charge on any atom is -0.374 e. The number of sulfonamides is 1. The van der Waals surface area contributed by atoms with Gasteiger partial charge in [-0.3, -0.25) is 4.79 Å². The highest BCUT2D eigenvalue weighted by atomic mass is 32.2. The number of benzene rings is 1. The van der Waals surface area contributed by atoms with E-state index in [0.717, 1.165) is 0 Å². The molecule has 128 valence electrons. The van der Waals surface area contributed by atoms with Crippen molar-refractivity contribution in [2.24, 2.45) is 0 Å². The lowest BCUT2D eigenvalue weighted by molar-refractivity contribution is -0.127. The molecule has 3 rings (SSSR count). The summed E-state index contributed by atoms with van der Waals surface area (Å²) in [5, 5.41) is 7.87. The molecule has 1 aromatic carbocycles. The predicted molar refractivity (Wildman–Crippen MR) is 92.0 cm³/mol. The van der Waals surface area contributed by atoms with E-state index in [4.69, 9.17) is 5.73 Å². The van der Waals surface area contributed by atoms with E-state index in [1.54, 1.807) is 30.3 Å². The molecule has 1 aliphatic heterocycles. The molecule has 1 saturated heterocycles. The Bertz CT molecular complexity index is 824. The number of rotatable bonds is 5. The number of hydrogen-bond donors (Lipinski definition) is 1. The van der Waals surface area contributed by atoms with E-state index in [9.17, 15) is 13.2 Å². The average Bonchev–Trinajstić information content (AvgIpc) is 3.23. The van der Waals surface area contributed by atoms with Crippen LogP contribution in [0.4, 0.5) is 5.13 Å². The summed E-state index contributed by atoms with van der Waals surface area (Å²) in [5.41, 5.74) is 5.49. The molecule has 1 aromatic heterocycles. The molecule has 1 fully saturated rings. The van der Waals surface area contributed by atoms with E-state index in [1.807, 2.05) is 0 Å². The summed E-state index contributed by atoms with van der Waals surface area (Å²) >= 11 is 2.46. The minimum absolute atomic E-state index is 0.0644. The van der Waals surface area contributed by atoms with E-state index in [2.05, 4.69) is 10.2 Å². The summed E-state index contributed by atoms with van der Waals surface area (Å²) in [5.74, 6) is 0.0351. The first-order chi connectivity index (χ1) is 11.5. The van der Waals surface area contributed by atoms with Gasteiger partial charge in [-0.2, -0.15) is 4.31 Å². The van der Waals surface area contributed by atoms with Crippen molar-refractivity contribution in [3.63, 3.8) is 0 Å². The molecular formula is C13H15N5O3S3. The van der Waals surface area contributed by atoms with Crippen molar-refractivity contribution in [2.45, 2.75) is 9.24 Å². The Morgan fingerprint density at radius 1 is 1.25 bits per heavy atom. The van der Waals surface area contributed by atoms with Crippen molar-refractivity contribution < 1.29 is 13.2 Å². The number of hydrogen-bond acceptors (Lipinski definition) is 8. The molecule has 1 aliphatic rings. The number of anilines is 1. The highest BCUT2D eigenvalue weighted by molar-refractivity contribution is 8.01. The largest absolute Gasteiger partial charge is 0.374 e. The lowest BCUT2D eigenvalue weighted by Crippen LogP contribution is -2.34. The third kappa shape index (κ3) is 3.69. The maximum absolute atomic E-state index is 12.5. The van der Waals surface area contributed by atoms with Crippen LogP contribution >= 0.6 is 23.1 Å². The Balaban J connectivity index is 1.59. The lowest BCUT2D eigenvalue weighted by atomic mass is 10.4. The van der Waals surface area contributed by atoms with Gasteiger partial charge in [-0.15, -0.1) is 10.2 Å². The van der Waals surface area contributed by atoms with Gasteiger partial charge in [0.2, 0.25) is 21.1 Å². The van der Waals surface area contributed by atoms with Crippen molar-refractivity contribution in [2.75, 3.05) is 31.2 Å². The number of nitrogens with two attached hydrogens (primary N) is 1. The molecule has 0 spiro atoms. The second-order valence-corrected chi connectivity index (χ2v) is 9.16. The molecule has 0 atom stereocenters. The smallest absolute Gasteiger partial charge is 0.244 e. The summed E-state index contributed by atoms with van der Waals surface area (Å²) in [6.45, 7) is 0.734. The first kappa shape index (κ1) is 17.1. The number of aromatic nitrogens is 2. The van der Waals surface area contributed by atoms with Gasteiger partial charge in [0.1, 0.15) is 0 Å². The predicted octanol–water partition coefficient (Wildman–Crippen LogP) is 0.703. The van der Waals surface area contributed by atoms with Crippen LogP contribution in [0.15, 0.2) is 39.6 Å². The van der Waals surface area contributed by atoms with Crippen LogP contribution in [0.5, 0.6) is 0 Å². The van der Waals surface area contributed by atoms with Gasteiger partial charge in [-0.1, -0.05) is 41.3 Å². The molecular weight excluding hydrogens is 370 g/mol. The van der Waals surface area contributed by atoms with Crippen LogP contribution in [-0.4, -0.2) is 59.2 Å². The van der Waals surface area contributed by atoms with Gasteiger partial charge in [-0.25, -0.2) is 8.42 Å². The minimum atomic E-state index is -3.57. The van der Waals surface area contributed by atoms with E-state index in [1.165, 1.54) is 32.3 Å². The molecule has 0 saturated carbocycles. The number of nitrogen functional groups attached to an aromatic ring is 1. The van der Waals surface area contributed by atoms with Crippen molar-refractivity contribution in [3.8, 4) is 0 Å². The molecule has 2 N–H and O–H groups in total. The van der Waals surface area contributed by atoms with Crippen LogP contribution in [-0.2, 0) is 14.8 Å². The van der Waals surface area contributed by atoms with Gasteiger partial charge in [0.25, 0.3) is 0 Å². The van der Waals surface area contributed by atoms with Crippen LogP contribution in [0.2, 0.25) is 0 Å². The summed E-state index contributed by atoms with van der Waals surface area (Å²) in [7, 11) is -3.57. The quantitative estimate of drug-likeness (QED) is 0.755. The molecule has 8 nitrogen and oxygen atoms in total. The van der Waals surface area contributed by atoms with Gasteiger partial charge < -0.3 is 10.6 Å². The molecule has 24 heavy (non-hydrogen) atoms. The van der Waals surface area contributed by atoms with Gasteiger partial charge in [0.15, 0.2) is 4.34 Å². The molecule has 11 heteroatoms. The van der Waals surface area contributed by atoms with Crippen molar-refractivity contribution >= 4 is 44.2 Å². The molecule has 0 aliphatic carbocycles. The van der Waals surface area contributed by atoms with Crippen LogP contribution in [0.25, 0.3) is 0 Å². The number of nitrogens with zero attached hydrogens (tertiary/aromatic N) is 4. The SMILES string of the molecule is Nc1nnc(SCC(=O)N2CCN(S(=O)(=O)c3ccccc3)C2)s1. The van der Waals surface area contributed by atoms with Crippen molar-refractivity contribution in [1.29, 1.82) is 0 Å². The summed E-state index contributed by atoms with van der Waals surface area (Å²) in [6, 6.07) is 8.22. The number of carbonyl (C=O) groups is 1. The van der Waals surface area contributed by atoms with Crippen LogP contribution in [0, 0.1) is 0 Å². The zero-order valence-electron chi connectivity index (χ0n) is 12.5. The molecule has 0 radical (unpaired) electrons. The number of carbonyl (C=O) groups excluding carboxylic acids is 1. The van der Waals surface area contributed by atoms with E-state index in [-0.39, 0.29) is 23.2 Å². The van der Waals surface area contributed by atoms with E-state index in [0.29, 0.717) is 22.6 Å². The Morgan fingerprint density at radius 3 is 2.67 bits per heavy atom. The Morgan fingerprint density at radius 2 is 2.00 bits per heavy atom.